The molecule has 144 valence electrons. The fraction of sp³-hybridized carbons (Fsp3) is 0.304. The Balaban J connectivity index is 1.68. The highest BCUT2D eigenvalue weighted by atomic mass is 16.6. The fourth-order valence-corrected chi connectivity index (χ4v) is 3.62. The average Bonchev–Trinajstić information content (AvgIpc) is 3.15. The molecule has 0 saturated carbocycles. The van der Waals surface area contributed by atoms with E-state index in [0.717, 1.165) is 47.5 Å². The van der Waals surface area contributed by atoms with E-state index in [1.807, 2.05) is 20.2 Å². The normalized spacial score (nSPS) is 15.7. The third-order valence-corrected chi connectivity index (χ3v) is 5.13. The Hall–Kier alpha value is -2.92. The van der Waals surface area contributed by atoms with E-state index in [0.29, 0.717) is 6.61 Å². The van der Waals surface area contributed by atoms with Crippen LogP contribution in [0.5, 0.6) is 0 Å². The van der Waals surface area contributed by atoms with Gasteiger partial charge in [0.05, 0.1) is 16.7 Å². The van der Waals surface area contributed by atoms with Crippen LogP contribution in [0.2, 0.25) is 0 Å². The number of aromatic nitrogens is 2. The van der Waals surface area contributed by atoms with E-state index in [4.69, 9.17) is 4.84 Å². The molecule has 5 heteroatoms. The van der Waals surface area contributed by atoms with Crippen LogP contribution < -0.4 is 0 Å². The maximum atomic E-state index is 5.17. The standard InChI is InChI=1S/C23H26N4O/c1-4-28-25-17(2)18-10-11-23-22(14-18)24-16-27(23)21-9-5-7-19(13-21)20-8-6-12-26(3)15-20/h5,7-11,13-14,16H,4,6,12,15H2,1-3H3. The van der Waals surface area contributed by atoms with Gasteiger partial charge in [0.25, 0.3) is 0 Å². The number of hydrogen-bond donors (Lipinski definition) is 0. The van der Waals surface area contributed by atoms with Crippen LogP contribution in [0.25, 0.3) is 22.3 Å². The number of nitrogens with zero attached hydrogens (tertiary/aromatic N) is 4. The molecule has 0 spiro atoms. The van der Waals surface area contributed by atoms with Crippen molar-refractivity contribution in [2.24, 2.45) is 5.16 Å². The van der Waals surface area contributed by atoms with Gasteiger partial charge in [-0.2, -0.15) is 0 Å². The van der Waals surface area contributed by atoms with Crippen molar-refractivity contribution in [1.82, 2.24) is 14.5 Å². The second-order valence-corrected chi connectivity index (χ2v) is 7.22. The molecule has 0 aliphatic carbocycles. The highest BCUT2D eigenvalue weighted by Gasteiger charge is 2.12. The van der Waals surface area contributed by atoms with Gasteiger partial charge in [-0.25, -0.2) is 4.98 Å². The van der Waals surface area contributed by atoms with Crippen LogP contribution in [-0.4, -0.2) is 46.9 Å². The summed E-state index contributed by atoms with van der Waals surface area (Å²) in [5.74, 6) is 0. The largest absolute Gasteiger partial charge is 0.396 e. The number of likely N-dealkylation sites (N-methyl/N-ethyl adjacent to an activating group) is 1. The molecule has 0 saturated heterocycles. The first-order chi connectivity index (χ1) is 13.7. The van der Waals surface area contributed by atoms with E-state index in [2.05, 4.69) is 75.2 Å². The first kappa shape index (κ1) is 18.4. The maximum absolute atomic E-state index is 5.17. The molecule has 1 aromatic heterocycles. The summed E-state index contributed by atoms with van der Waals surface area (Å²) in [6, 6.07) is 14.9. The van der Waals surface area contributed by atoms with Gasteiger partial charge in [0.15, 0.2) is 0 Å². The van der Waals surface area contributed by atoms with E-state index in [9.17, 15) is 0 Å². The van der Waals surface area contributed by atoms with Crippen LogP contribution in [0.15, 0.2) is 60.0 Å². The lowest BCUT2D eigenvalue weighted by atomic mass is 10.0. The summed E-state index contributed by atoms with van der Waals surface area (Å²) in [6.07, 6.45) is 5.36. The highest BCUT2D eigenvalue weighted by molar-refractivity contribution is 6.01. The van der Waals surface area contributed by atoms with Gasteiger partial charge < -0.3 is 9.74 Å². The summed E-state index contributed by atoms with van der Waals surface area (Å²) >= 11 is 0. The predicted molar refractivity (Wildman–Crippen MR) is 115 cm³/mol. The van der Waals surface area contributed by atoms with E-state index in [1.165, 1.54) is 11.1 Å². The third kappa shape index (κ3) is 3.71. The number of rotatable bonds is 5. The van der Waals surface area contributed by atoms with Crippen molar-refractivity contribution >= 4 is 22.3 Å². The zero-order chi connectivity index (χ0) is 19.5. The molecule has 3 aromatic rings. The molecule has 0 unspecified atom stereocenters. The van der Waals surface area contributed by atoms with Crippen molar-refractivity contribution in [3.05, 3.63) is 66.0 Å². The van der Waals surface area contributed by atoms with Crippen molar-refractivity contribution in [2.75, 3.05) is 26.7 Å². The van der Waals surface area contributed by atoms with Gasteiger partial charge in [0.2, 0.25) is 0 Å². The van der Waals surface area contributed by atoms with Gasteiger partial charge in [-0.3, -0.25) is 4.57 Å². The minimum atomic E-state index is 0.566. The fourth-order valence-electron chi connectivity index (χ4n) is 3.62. The number of imidazole rings is 1. The van der Waals surface area contributed by atoms with Gasteiger partial charge in [0.1, 0.15) is 12.9 Å². The number of oxime groups is 1. The zero-order valence-corrected chi connectivity index (χ0v) is 16.7. The van der Waals surface area contributed by atoms with E-state index in [-0.39, 0.29) is 0 Å². The quantitative estimate of drug-likeness (QED) is 0.488. The monoisotopic (exact) mass is 374 g/mol. The zero-order valence-electron chi connectivity index (χ0n) is 16.7. The molecule has 1 aliphatic rings. The molecule has 2 heterocycles. The van der Waals surface area contributed by atoms with Crippen molar-refractivity contribution < 1.29 is 4.84 Å². The molecule has 2 aromatic carbocycles. The Labute approximate surface area is 165 Å². The van der Waals surface area contributed by atoms with Gasteiger partial charge in [0, 0.05) is 24.3 Å². The number of benzene rings is 2. The van der Waals surface area contributed by atoms with E-state index < -0.39 is 0 Å². The highest BCUT2D eigenvalue weighted by Crippen LogP contribution is 2.25. The number of fused-ring (bicyclic) bond motifs is 1. The van der Waals surface area contributed by atoms with Gasteiger partial charge in [-0.05, 0) is 62.7 Å². The first-order valence-corrected chi connectivity index (χ1v) is 9.78. The van der Waals surface area contributed by atoms with Crippen LogP contribution in [-0.2, 0) is 4.84 Å². The lowest BCUT2D eigenvalue weighted by Gasteiger charge is -2.23. The third-order valence-electron chi connectivity index (χ3n) is 5.13. The Morgan fingerprint density at radius 3 is 2.93 bits per heavy atom. The van der Waals surface area contributed by atoms with E-state index >= 15 is 0 Å². The first-order valence-electron chi connectivity index (χ1n) is 9.78. The molecule has 1 aliphatic heterocycles. The van der Waals surface area contributed by atoms with Crippen LogP contribution in [0.4, 0.5) is 0 Å². The molecule has 0 N–H and O–H groups in total. The smallest absolute Gasteiger partial charge is 0.114 e. The summed E-state index contributed by atoms with van der Waals surface area (Å²) < 4.78 is 2.14. The van der Waals surface area contributed by atoms with Crippen molar-refractivity contribution in [3.63, 3.8) is 0 Å². The molecule has 0 atom stereocenters. The topological polar surface area (TPSA) is 42.7 Å². The van der Waals surface area contributed by atoms with Crippen molar-refractivity contribution in [2.45, 2.75) is 20.3 Å². The minimum Gasteiger partial charge on any atom is -0.396 e. The van der Waals surface area contributed by atoms with Gasteiger partial charge >= 0.3 is 0 Å². The Morgan fingerprint density at radius 2 is 2.11 bits per heavy atom. The van der Waals surface area contributed by atoms with Crippen LogP contribution in [0.3, 0.4) is 0 Å². The molecule has 0 radical (unpaired) electrons. The van der Waals surface area contributed by atoms with Crippen molar-refractivity contribution in [1.29, 1.82) is 0 Å². The Bertz CT molecular complexity index is 1050. The van der Waals surface area contributed by atoms with Crippen LogP contribution in [0.1, 0.15) is 31.4 Å². The van der Waals surface area contributed by atoms with Gasteiger partial charge in [-0.15, -0.1) is 0 Å². The lowest BCUT2D eigenvalue weighted by molar-refractivity contribution is 0.159. The number of hydrogen-bond acceptors (Lipinski definition) is 4. The molecule has 5 nitrogen and oxygen atoms in total. The predicted octanol–water partition coefficient (Wildman–Crippen LogP) is 4.50. The molecular formula is C23H26N4O. The molecule has 0 amide bonds. The van der Waals surface area contributed by atoms with Crippen molar-refractivity contribution in [3.8, 4) is 5.69 Å². The van der Waals surface area contributed by atoms with E-state index in [1.54, 1.807) is 0 Å². The Kier molecular flexibility index (Phi) is 5.26. The summed E-state index contributed by atoms with van der Waals surface area (Å²) in [6.45, 7) is 6.57. The summed E-state index contributed by atoms with van der Waals surface area (Å²) in [5.41, 5.74) is 7.71. The molecule has 4 rings (SSSR count). The molecule has 28 heavy (non-hydrogen) atoms. The van der Waals surface area contributed by atoms with Crippen LogP contribution in [0, 0.1) is 0 Å². The average molecular weight is 374 g/mol. The summed E-state index contributed by atoms with van der Waals surface area (Å²) in [7, 11) is 2.18. The molecular weight excluding hydrogens is 348 g/mol. The SMILES string of the molecule is CCON=C(C)c1ccc2c(c1)ncn2-c1cccc(C2=CCCN(C)C2)c1. The minimum absolute atomic E-state index is 0.566. The summed E-state index contributed by atoms with van der Waals surface area (Å²) in [4.78, 5) is 12.1. The van der Waals surface area contributed by atoms with Crippen LogP contribution >= 0.6 is 0 Å². The molecule has 0 bridgehead atoms. The van der Waals surface area contributed by atoms with Gasteiger partial charge in [-0.1, -0.05) is 29.4 Å². The Morgan fingerprint density at radius 1 is 1.21 bits per heavy atom. The summed E-state index contributed by atoms with van der Waals surface area (Å²) in [5, 5.41) is 4.13. The maximum Gasteiger partial charge on any atom is 0.114 e. The second-order valence-electron chi connectivity index (χ2n) is 7.22. The second kappa shape index (κ2) is 7.98. The molecule has 0 fully saturated rings. The lowest BCUT2D eigenvalue weighted by Crippen LogP contribution is -2.24.